The summed E-state index contributed by atoms with van der Waals surface area (Å²) in [7, 11) is 0. The molecule has 3 nitrogen and oxygen atoms in total. The maximum atomic E-state index is 6.05. The van der Waals surface area contributed by atoms with E-state index < -0.39 is 0 Å². The van der Waals surface area contributed by atoms with Gasteiger partial charge in [0.15, 0.2) is 5.16 Å². The molecule has 0 unspecified atom stereocenters. The average molecular weight is 240 g/mol. The zero-order valence-corrected chi connectivity index (χ0v) is 9.48. The van der Waals surface area contributed by atoms with E-state index in [0.29, 0.717) is 11.6 Å². The highest BCUT2D eigenvalue weighted by molar-refractivity contribution is 7.99. The SMILES string of the molecule is NCc1ccc(Sc2ncc[nH]2)cc1Cl. The van der Waals surface area contributed by atoms with Crippen molar-refractivity contribution in [2.24, 2.45) is 5.73 Å². The van der Waals surface area contributed by atoms with Gasteiger partial charge in [0.05, 0.1) is 0 Å². The molecule has 0 fully saturated rings. The van der Waals surface area contributed by atoms with Gasteiger partial charge in [-0.15, -0.1) is 0 Å². The predicted molar refractivity (Wildman–Crippen MR) is 62.1 cm³/mol. The fourth-order valence-electron chi connectivity index (χ4n) is 1.18. The lowest BCUT2D eigenvalue weighted by atomic mass is 10.2. The smallest absolute Gasteiger partial charge is 0.170 e. The Bertz CT molecular complexity index is 442. The topological polar surface area (TPSA) is 54.7 Å². The zero-order chi connectivity index (χ0) is 10.7. The molecule has 0 aliphatic rings. The van der Waals surface area contributed by atoms with Crippen LogP contribution in [0.3, 0.4) is 0 Å². The van der Waals surface area contributed by atoms with Gasteiger partial charge in [-0.05, 0) is 17.7 Å². The number of nitrogens with one attached hydrogen (secondary N) is 1. The van der Waals surface area contributed by atoms with E-state index in [1.54, 1.807) is 12.4 Å². The highest BCUT2D eigenvalue weighted by atomic mass is 35.5. The number of hydrogen-bond acceptors (Lipinski definition) is 3. The summed E-state index contributed by atoms with van der Waals surface area (Å²) in [5, 5.41) is 1.56. The summed E-state index contributed by atoms with van der Waals surface area (Å²) in [6, 6.07) is 5.83. The molecule has 3 N–H and O–H groups in total. The van der Waals surface area contributed by atoms with E-state index in [2.05, 4.69) is 9.97 Å². The van der Waals surface area contributed by atoms with Crippen LogP contribution < -0.4 is 5.73 Å². The molecule has 5 heteroatoms. The van der Waals surface area contributed by atoms with Crippen molar-refractivity contribution in [3.05, 3.63) is 41.2 Å². The minimum Gasteiger partial charge on any atom is -0.339 e. The number of rotatable bonds is 3. The number of H-pyrrole nitrogens is 1. The summed E-state index contributed by atoms with van der Waals surface area (Å²) in [6.07, 6.45) is 3.51. The quantitative estimate of drug-likeness (QED) is 0.866. The van der Waals surface area contributed by atoms with Gasteiger partial charge < -0.3 is 10.7 Å². The molecule has 0 atom stereocenters. The molecule has 0 saturated carbocycles. The van der Waals surface area contributed by atoms with Crippen molar-refractivity contribution >= 4 is 23.4 Å². The Morgan fingerprint density at radius 3 is 2.93 bits per heavy atom. The average Bonchev–Trinajstić information content (AvgIpc) is 2.71. The Hall–Kier alpha value is -0.970. The number of aromatic amines is 1. The summed E-state index contributed by atoms with van der Waals surface area (Å²) >= 11 is 7.58. The molecule has 0 aliphatic carbocycles. The van der Waals surface area contributed by atoms with Crippen LogP contribution in [0, 0.1) is 0 Å². The summed E-state index contributed by atoms with van der Waals surface area (Å²) in [5.41, 5.74) is 6.49. The number of aromatic nitrogens is 2. The van der Waals surface area contributed by atoms with Crippen LogP contribution >= 0.6 is 23.4 Å². The lowest BCUT2D eigenvalue weighted by molar-refractivity contribution is 1.05. The monoisotopic (exact) mass is 239 g/mol. The van der Waals surface area contributed by atoms with Gasteiger partial charge in [-0.3, -0.25) is 0 Å². The van der Waals surface area contributed by atoms with E-state index in [1.165, 1.54) is 11.8 Å². The molecule has 0 saturated heterocycles. The van der Waals surface area contributed by atoms with Crippen molar-refractivity contribution in [3.8, 4) is 0 Å². The highest BCUT2D eigenvalue weighted by Gasteiger charge is 2.03. The van der Waals surface area contributed by atoms with E-state index in [-0.39, 0.29) is 0 Å². The third-order valence-corrected chi connectivity index (χ3v) is 3.19. The highest BCUT2D eigenvalue weighted by Crippen LogP contribution is 2.28. The lowest BCUT2D eigenvalue weighted by Gasteiger charge is -2.03. The Kier molecular flexibility index (Phi) is 3.30. The molecule has 1 aromatic carbocycles. The first kappa shape index (κ1) is 10.5. The molecular formula is C10H10ClN3S. The number of halogens is 1. The third kappa shape index (κ3) is 2.53. The minimum atomic E-state index is 0.463. The largest absolute Gasteiger partial charge is 0.339 e. The summed E-state index contributed by atoms with van der Waals surface area (Å²) in [5.74, 6) is 0. The van der Waals surface area contributed by atoms with Crippen LogP contribution in [0.1, 0.15) is 5.56 Å². The first-order valence-electron chi connectivity index (χ1n) is 4.45. The Morgan fingerprint density at radius 2 is 2.33 bits per heavy atom. The molecule has 1 heterocycles. The van der Waals surface area contributed by atoms with Gasteiger partial charge in [0, 0.05) is 28.9 Å². The summed E-state index contributed by atoms with van der Waals surface area (Å²) < 4.78 is 0. The first-order valence-corrected chi connectivity index (χ1v) is 5.65. The molecule has 0 radical (unpaired) electrons. The van der Waals surface area contributed by atoms with Crippen molar-refractivity contribution < 1.29 is 0 Å². The van der Waals surface area contributed by atoms with Crippen molar-refractivity contribution in [2.45, 2.75) is 16.6 Å². The zero-order valence-electron chi connectivity index (χ0n) is 7.90. The second-order valence-corrected chi connectivity index (χ2v) is 4.42. The van der Waals surface area contributed by atoms with Gasteiger partial charge in [0.1, 0.15) is 0 Å². The molecular weight excluding hydrogens is 230 g/mol. The third-order valence-electron chi connectivity index (χ3n) is 1.93. The van der Waals surface area contributed by atoms with E-state index >= 15 is 0 Å². The number of nitrogens with zero attached hydrogens (tertiary/aromatic N) is 1. The van der Waals surface area contributed by atoms with Crippen molar-refractivity contribution in [2.75, 3.05) is 0 Å². The molecule has 15 heavy (non-hydrogen) atoms. The predicted octanol–water partition coefficient (Wildman–Crippen LogP) is 2.67. The maximum absolute atomic E-state index is 6.05. The number of nitrogens with two attached hydrogens (primary N) is 1. The van der Waals surface area contributed by atoms with Gasteiger partial charge >= 0.3 is 0 Å². The van der Waals surface area contributed by atoms with Gasteiger partial charge in [-0.1, -0.05) is 29.4 Å². The van der Waals surface area contributed by atoms with E-state index in [1.807, 2.05) is 18.2 Å². The Balaban J connectivity index is 2.20. The molecule has 2 aromatic rings. The van der Waals surface area contributed by atoms with Crippen molar-refractivity contribution in [3.63, 3.8) is 0 Å². The molecule has 0 spiro atoms. The number of hydrogen-bond donors (Lipinski definition) is 2. The molecule has 1 aromatic heterocycles. The molecule has 0 bridgehead atoms. The lowest BCUT2D eigenvalue weighted by Crippen LogP contribution is -1.96. The van der Waals surface area contributed by atoms with E-state index in [4.69, 9.17) is 17.3 Å². The van der Waals surface area contributed by atoms with Crippen LogP contribution in [0.15, 0.2) is 40.6 Å². The van der Waals surface area contributed by atoms with Gasteiger partial charge in [-0.2, -0.15) is 0 Å². The number of benzene rings is 1. The van der Waals surface area contributed by atoms with Crippen LogP contribution in [0.2, 0.25) is 5.02 Å². The van der Waals surface area contributed by atoms with E-state index in [9.17, 15) is 0 Å². The minimum absolute atomic E-state index is 0.463. The molecule has 0 amide bonds. The van der Waals surface area contributed by atoms with Crippen LogP contribution in [-0.2, 0) is 6.54 Å². The van der Waals surface area contributed by atoms with Crippen molar-refractivity contribution in [1.29, 1.82) is 0 Å². The van der Waals surface area contributed by atoms with Crippen LogP contribution in [-0.4, -0.2) is 9.97 Å². The molecule has 2 rings (SSSR count). The van der Waals surface area contributed by atoms with Gasteiger partial charge in [0.2, 0.25) is 0 Å². The Labute approximate surface area is 97.0 Å². The van der Waals surface area contributed by atoms with E-state index in [0.717, 1.165) is 15.6 Å². The maximum Gasteiger partial charge on any atom is 0.170 e. The standard InChI is InChI=1S/C10H10ClN3S/c11-9-5-8(2-1-7(9)6-12)15-10-13-3-4-14-10/h1-5H,6,12H2,(H,13,14). The van der Waals surface area contributed by atoms with Crippen LogP contribution in [0.4, 0.5) is 0 Å². The summed E-state index contributed by atoms with van der Waals surface area (Å²) in [4.78, 5) is 8.19. The molecule has 0 aliphatic heterocycles. The molecule has 78 valence electrons. The van der Waals surface area contributed by atoms with Gasteiger partial charge in [0.25, 0.3) is 0 Å². The second kappa shape index (κ2) is 4.70. The normalized spacial score (nSPS) is 10.5. The first-order chi connectivity index (χ1) is 7.29. The fraction of sp³-hybridized carbons (Fsp3) is 0.100. The summed E-state index contributed by atoms with van der Waals surface area (Å²) in [6.45, 7) is 0.463. The van der Waals surface area contributed by atoms with Gasteiger partial charge in [-0.25, -0.2) is 4.98 Å². The van der Waals surface area contributed by atoms with Crippen LogP contribution in [0.25, 0.3) is 0 Å². The van der Waals surface area contributed by atoms with Crippen molar-refractivity contribution in [1.82, 2.24) is 9.97 Å². The number of imidazole rings is 1. The fourth-order valence-corrected chi connectivity index (χ4v) is 2.27. The Morgan fingerprint density at radius 1 is 1.47 bits per heavy atom. The second-order valence-electron chi connectivity index (χ2n) is 2.95. The van der Waals surface area contributed by atoms with Crippen LogP contribution in [0.5, 0.6) is 0 Å².